The largest absolute Gasteiger partial charge is 0.437 e. The second-order valence-corrected chi connectivity index (χ2v) is 21.1. The van der Waals surface area contributed by atoms with Gasteiger partial charge in [-0.1, -0.05) is 129 Å². The van der Waals surface area contributed by atoms with Crippen molar-refractivity contribution >= 4 is 82.1 Å². The first-order valence-corrected chi connectivity index (χ1v) is 22.6. The molecule has 0 saturated heterocycles. The molecule has 0 spiro atoms. The number of fused-ring (bicyclic) bond motifs is 8. The molecule has 11 rings (SSSR count). The fourth-order valence-corrected chi connectivity index (χ4v) is 10.4. The summed E-state index contributed by atoms with van der Waals surface area (Å²) in [7, 11) is 0. The molecule has 0 fully saturated rings. The molecule has 0 saturated carbocycles. The lowest BCUT2D eigenvalue weighted by Crippen LogP contribution is -2.22. The fraction of sp³-hybridized carbons (Fsp3) is 0.214. The minimum atomic E-state index is -0.0759. The highest BCUT2D eigenvalue weighted by molar-refractivity contribution is 7.24. The monoisotopic (exact) mass is 828 g/mol. The predicted molar refractivity (Wildman–Crippen MR) is 264 cm³/mol. The highest BCUT2D eigenvalue weighted by Crippen LogP contribution is 2.51. The number of para-hydroxylation sites is 3. The molecule has 5 nitrogen and oxygen atoms in total. The number of hydrogen-bond donors (Lipinski definition) is 0. The molecule has 4 heterocycles. The van der Waals surface area contributed by atoms with Crippen LogP contribution in [-0.4, -0.2) is 13.7 Å². The Morgan fingerprint density at radius 2 is 1.00 bits per heavy atom. The molecule has 0 bridgehead atoms. The molecule has 0 N–H and O–H groups in total. The van der Waals surface area contributed by atoms with Gasteiger partial charge in [0.2, 0.25) is 5.71 Å². The number of benzene rings is 7. The van der Waals surface area contributed by atoms with E-state index in [0.29, 0.717) is 0 Å². The van der Waals surface area contributed by atoms with Crippen molar-refractivity contribution in [1.29, 1.82) is 0 Å². The zero-order valence-corrected chi connectivity index (χ0v) is 37.9. The molecule has 7 aromatic carbocycles. The van der Waals surface area contributed by atoms with Gasteiger partial charge in [-0.05, 0) is 112 Å². The molecule has 0 amide bonds. The maximum atomic E-state index is 7.41. The predicted octanol–water partition coefficient (Wildman–Crippen LogP) is 16.3. The first-order valence-electron chi connectivity index (χ1n) is 21.8. The summed E-state index contributed by atoms with van der Waals surface area (Å²) in [5, 5.41) is 1.07. The van der Waals surface area contributed by atoms with Gasteiger partial charge < -0.3 is 18.5 Å². The van der Waals surface area contributed by atoms with E-state index in [0.717, 1.165) is 72.9 Å². The highest BCUT2D eigenvalue weighted by atomic mass is 32.1. The number of hydrogen-bond acceptors (Lipinski definition) is 3. The van der Waals surface area contributed by atoms with Gasteiger partial charge in [0.05, 0.1) is 48.5 Å². The summed E-state index contributed by atoms with van der Waals surface area (Å²) in [6, 6.07) is 56.1. The van der Waals surface area contributed by atoms with E-state index in [2.05, 4.69) is 233 Å². The summed E-state index contributed by atoms with van der Waals surface area (Å²) >= 11 is 1.83. The first kappa shape index (κ1) is 38.4. The van der Waals surface area contributed by atoms with Crippen molar-refractivity contribution in [2.24, 2.45) is 0 Å². The lowest BCUT2D eigenvalue weighted by atomic mass is 9.86. The summed E-state index contributed by atoms with van der Waals surface area (Å²) in [5.41, 5.74) is 17.7. The first-order chi connectivity index (χ1) is 29.6. The Hall–Kier alpha value is -6.50. The topological polar surface area (TPSA) is 31.2 Å². The van der Waals surface area contributed by atoms with Crippen LogP contribution in [0.25, 0.3) is 70.7 Å². The Kier molecular flexibility index (Phi) is 8.37. The van der Waals surface area contributed by atoms with E-state index in [9.17, 15) is 0 Å². The van der Waals surface area contributed by atoms with E-state index in [1.54, 1.807) is 0 Å². The highest BCUT2D eigenvalue weighted by Gasteiger charge is 2.32. The van der Waals surface area contributed by atoms with Crippen molar-refractivity contribution < 1.29 is 4.42 Å². The van der Waals surface area contributed by atoms with Gasteiger partial charge in [0.1, 0.15) is 11.1 Å². The van der Waals surface area contributed by atoms with Gasteiger partial charge in [-0.3, -0.25) is 4.57 Å². The van der Waals surface area contributed by atoms with Crippen LogP contribution in [0.4, 0.5) is 17.1 Å². The molecule has 10 aromatic rings. The Morgan fingerprint density at radius 3 is 1.68 bits per heavy atom. The van der Waals surface area contributed by atoms with Gasteiger partial charge in [0, 0.05) is 28.5 Å². The minimum Gasteiger partial charge on any atom is -0.437 e. The number of nitrogens with zero attached hydrogens (tertiary/aromatic N) is 4. The summed E-state index contributed by atoms with van der Waals surface area (Å²) in [4.78, 5) is 2.45. The van der Waals surface area contributed by atoms with Gasteiger partial charge in [-0.15, -0.1) is 11.3 Å². The van der Waals surface area contributed by atoms with Crippen LogP contribution >= 0.6 is 11.3 Å². The SMILES string of the molecule is CC(C)(C)c1ccc(N2c3ccc(C(C)(C)C)cc3-n3c4oc5cc6c(cc5c4n(-c4ccc(C(C)(C)C)cc4)c4cccc2c43)sc2ccccc2n6-c2ccccc2)cc1. The van der Waals surface area contributed by atoms with Crippen LogP contribution in [0.5, 0.6) is 0 Å². The van der Waals surface area contributed by atoms with Crippen LogP contribution in [-0.2, 0) is 16.2 Å². The zero-order chi connectivity index (χ0) is 42.9. The average molecular weight is 829 g/mol. The normalized spacial score (nSPS) is 13.2. The van der Waals surface area contributed by atoms with Crippen LogP contribution in [0.1, 0.15) is 79.0 Å². The number of furan rings is 1. The second-order valence-electron chi connectivity index (χ2n) is 20.0. The van der Waals surface area contributed by atoms with Gasteiger partial charge in [-0.25, -0.2) is 0 Å². The Bertz CT molecular complexity index is 3440. The van der Waals surface area contributed by atoms with Gasteiger partial charge in [0.15, 0.2) is 0 Å². The Morgan fingerprint density at radius 1 is 0.403 bits per heavy atom. The quantitative estimate of drug-likeness (QED) is 0.166. The lowest BCUT2D eigenvalue weighted by molar-refractivity contribution is 0.589. The second kappa shape index (κ2) is 13.5. The Labute approximate surface area is 367 Å². The van der Waals surface area contributed by atoms with E-state index >= 15 is 0 Å². The third-order valence-corrected chi connectivity index (χ3v) is 13.9. The van der Waals surface area contributed by atoms with Crippen molar-refractivity contribution in [1.82, 2.24) is 13.7 Å². The van der Waals surface area contributed by atoms with E-state index in [1.807, 2.05) is 11.3 Å². The molecule has 0 atom stereocenters. The summed E-state index contributed by atoms with van der Waals surface area (Å²) in [6.45, 7) is 20.5. The van der Waals surface area contributed by atoms with Gasteiger partial charge in [-0.2, -0.15) is 0 Å². The minimum absolute atomic E-state index is 0.0192. The Balaban J connectivity index is 1.31. The third kappa shape index (κ3) is 5.94. The molecule has 62 heavy (non-hydrogen) atoms. The number of aromatic nitrogens is 3. The summed E-state index contributed by atoms with van der Waals surface area (Å²) < 4.78 is 17.1. The van der Waals surface area contributed by atoms with Crippen molar-refractivity contribution in [3.05, 3.63) is 168 Å². The van der Waals surface area contributed by atoms with E-state index in [4.69, 9.17) is 4.42 Å². The standard InChI is InChI=1S/C56H52N4OS/c1-54(2,3)35-22-27-39(28-23-35)57-42-31-26-37(56(7,8)9)32-46(42)60-52-44(57)19-15-20-45(52)59(40-29-24-36(25-30-40)55(4,5)6)51-41-33-50-47(34-48(41)61-53(51)60)58(38-16-11-10-12-17-38)43-18-13-14-21-49(43)62-50/h10-34H,1-9H3. The maximum absolute atomic E-state index is 7.41. The number of anilines is 3. The summed E-state index contributed by atoms with van der Waals surface area (Å²) in [6.07, 6.45) is 0. The van der Waals surface area contributed by atoms with Gasteiger partial charge in [0.25, 0.3) is 0 Å². The fourth-order valence-electron chi connectivity index (χ4n) is 9.36. The summed E-state index contributed by atoms with van der Waals surface area (Å²) in [5.74, 6) is 0. The van der Waals surface area contributed by atoms with Crippen LogP contribution < -0.4 is 4.90 Å². The molecular weight excluding hydrogens is 777 g/mol. The van der Waals surface area contributed by atoms with E-state index < -0.39 is 0 Å². The molecule has 0 aliphatic carbocycles. The van der Waals surface area contributed by atoms with E-state index in [-0.39, 0.29) is 16.2 Å². The third-order valence-electron chi connectivity index (χ3n) is 12.7. The molecule has 0 unspecified atom stereocenters. The van der Waals surface area contributed by atoms with Crippen molar-refractivity contribution in [3.63, 3.8) is 0 Å². The zero-order valence-electron chi connectivity index (χ0n) is 37.0. The van der Waals surface area contributed by atoms with Crippen LogP contribution in [0.15, 0.2) is 156 Å². The molecule has 0 radical (unpaired) electrons. The number of rotatable bonds is 3. The van der Waals surface area contributed by atoms with Crippen molar-refractivity contribution in [3.8, 4) is 17.1 Å². The smallest absolute Gasteiger partial charge is 0.230 e. The van der Waals surface area contributed by atoms with E-state index in [1.165, 1.54) is 31.6 Å². The van der Waals surface area contributed by atoms with Gasteiger partial charge >= 0.3 is 0 Å². The molecule has 6 heteroatoms. The molecule has 3 aromatic heterocycles. The average Bonchev–Trinajstić information content (AvgIpc) is 3.61. The van der Waals surface area contributed by atoms with Crippen LogP contribution in [0.3, 0.4) is 0 Å². The molecule has 308 valence electrons. The maximum Gasteiger partial charge on any atom is 0.230 e. The van der Waals surface area contributed by atoms with Crippen molar-refractivity contribution in [2.75, 3.05) is 4.90 Å². The molecule has 1 aliphatic rings. The lowest BCUT2D eigenvalue weighted by Gasteiger charge is -2.36. The van der Waals surface area contributed by atoms with Crippen molar-refractivity contribution in [2.45, 2.75) is 78.6 Å². The molecular formula is C56H52N4OS. The van der Waals surface area contributed by atoms with Crippen LogP contribution in [0.2, 0.25) is 0 Å². The van der Waals surface area contributed by atoms with Crippen LogP contribution in [0, 0.1) is 0 Å². The molecule has 1 aliphatic heterocycles.